The van der Waals surface area contributed by atoms with Crippen molar-refractivity contribution >= 4 is 11.8 Å². The molecular weight excluding hydrogens is 184 g/mol. The lowest BCUT2D eigenvalue weighted by atomic mass is 9.99. The molecule has 4 nitrogen and oxygen atoms in total. The van der Waals surface area contributed by atoms with Gasteiger partial charge in [-0.2, -0.15) is 0 Å². The predicted molar refractivity (Wildman–Crippen MR) is 49.7 cm³/mol. The molecule has 0 N–H and O–H groups in total. The van der Waals surface area contributed by atoms with Gasteiger partial charge in [0.2, 0.25) is 0 Å². The van der Waals surface area contributed by atoms with Crippen molar-refractivity contribution < 1.29 is 19.1 Å². The van der Waals surface area contributed by atoms with Crippen LogP contribution in [0.2, 0.25) is 0 Å². The van der Waals surface area contributed by atoms with Crippen molar-refractivity contribution in [2.45, 2.75) is 32.0 Å². The van der Waals surface area contributed by atoms with Crippen LogP contribution in [0.15, 0.2) is 12.2 Å². The lowest BCUT2D eigenvalue weighted by Gasteiger charge is -2.01. The molecule has 4 heteroatoms. The van der Waals surface area contributed by atoms with Gasteiger partial charge in [0, 0.05) is 6.08 Å². The molecule has 1 saturated heterocycles. The zero-order valence-electron chi connectivity index (χ0n) is 8.57. The molecule has 0 aromatic heterocycles. The lowest BCUT2D eigenvalue weighted by Crippen LogP contribution is -2.16. The van der Waals surface area contributed by atoms with Crippen molar-refractivity contribution in [2.24, 2.45) is 0 Å². The summed E-state index contributed by atoms with van der Waals surface area (Å²) in [6.07, 6.45) is 3.18. The van der Waals surface area contributed by atoms with E-state index in [1.54, 1.807) is 6.08 Å². The minimum Gasteiger partial charge on any atom is -0.466 e. The standard InChI is InChI=1S/C10H14O4/c1-4-10(6-5-8(12)13-3)9(14-10)7(2)11/h5-6,9H,4H2,1-3H3/b6-5+/t9-,10-/m0/s1. The smallest absolute Gasteiger partial charge is 0.330 e. The summed E-state index contributed by atoms with van der Waals surface area (Å²) in [6, 6.07) is 0. The highest BCUT2D eigenvalue weighted by Crippen LogP contribution is 2.41. The summed E-state index contributed by atoms with van der Waals surface area (Å²) < 4.78 is 9.71. The minimum atomic E-state index is -0.569. The number of ether oxygens (including phenoxy) is 2. The summed E-state index contributed by atoms with van der Waals surface area (Å²) in [5.74, 6) is -0.447. The molecule has 0 spiro atoms. The Morgan fingerprint density at radius 2 is 2.21 bits per heavy atom. The lowest BCUT2D eigenvalue weighted by molar-refractivity contribution is -0.134. The fourth-order valence-electron chi connectivity index (χ4n) is 1.40. The Morgan fingerprint density at radius 1 is 1.57 bits per heavy atom. The van der Waals surface area contributed by atoms with Crippen molar-refractivity contribution in [3.05, 3.63) is 12.2 Å². The first-order valence-electron chi connectivity index (χ1n) is 4.51. The van der Waals surface area contributed by atoms with E-state index in [1.807, 2.05) is 6.92 Å². The quantitative estimate of drug-likeness (QED) is 0.382. The third-order valence-electron chi connectivity index (χ3n) is 2.35. The average molecular weight is 198 g/mol. The highest BCUT2D eigenvalue weighted by Gasteiger charge is 2.55. The van der Waals surface area contributed by atoms with E-state index in [2.05, 4.69) is 4.74 Å². The Bertz CT molecular complexity index is 282. The number of epoxide rings is 1. The minimum absolute atomic E-state index is 0.0126. The van der Waals surface area contributed by atoms with Crippen molar-refractivity contribution in [3.8, 4) is 0 Å². The molecule has 0 aromatic carbocycles. The van der Waals surface area contributed by atoms with Crippen molar-refractivity contribution in [3.63, 3.8) is 0 Å². The molecule has 1 fully saturated rings. The number of ketones is 1. The maximum atomic E-state index is 11.0. The Kier molecular flexibility index (Phi) is 3.06. The van der Waals surface area contributed by atoms with Gasteiger partial charge in [-0.25, -0.2) is 4.79 Å². The molecule has 0 radical (unpaired) electrons. The molecule has 1 aliphatic rings. The van der Waals surface area contributed by atoms with Gasteiger partial charge >= 0.3 is 5.97 Å². The number of esters is 1. The van der Waals surface area contributed by atoms with E-state index >= 15 is 0 Å². The van der Waals surface area contributed by atoms with E-state index in [4.69, 9.17) is 4.74 Å². The second-order valence-corrected chi connectivity index (χ2v) is 3.27. The van der Waals surface area contributed by atoms with Gasteiger partial charge in [0.1, 0.15) is 11.7 Å². The van der Waals surface area contributed by atoms with Crippen LogP contribution < -0.4 is 0 Å². The molecule has 78 valence electrons. The number of hydrogen-bond donors (Lipinski definition) is 0. The van der Waals surface area contributed by atoms with Crippen LogP contribution in [0.25, 0.3) is 0 Å². The van der Waals surface area contributed by atoms with E-state index in [0.717, 1.165) is 0 Å². The molecule has 14 heavy (non-hydrogen) atoms. The van der Waals surface area contributed by atoms with Gasteiger partial charge in [-0.1, -0.05) is 6.92 Å². The molecule has 0 aromatic rings. The first kappa shape index (κ1) is 10.9. The van der Waals surface area contributed by atoms with Crippen molar-refractivity contribution in [2.75, 3.05) is 7.11 Å². The molecule has 0 unspecified atom stereocenters. The van der Waals surface area contributed by atoms with E-state index in [0.29, 0.717) is 6.42 Å². The molecule has 0 amide bonds. The highest BCUT2D eigenvalue weighted by atomic mass is 16.6. The van der Waals surface area contributed by atoms with Crippen LogP contribution >= 0.6 is 0 Å². The summed E-state index contributed by atoms with van der Waals surface area (Å²) in [4.78, 5) is 21.8. The number of Topliss-reactive ketones (excluding diaryl/α,β-unsaturated/α-hetero) is 1. The normalized spacial score (nSPS) is 30.4. The van der Waals surface area contributed by atoms with E-state index in [1.165, 1.54) is 20.1 Å². The number of rotatable bonds is 4. The van der Waals surface area contributed by atoms with Crippen LogP contribution in [0.3, 0.4) is 0 Å². The molecule has 1 heterocycles. The summed E-state index contributed by atoms with van der Waals surface area (Å²) in [5, 5.41) is 0. The fourth-order valence-corrected chi connectivity index (χ4v) is 1.40. The van der Waals surface area contributed by atoms with Crippen LogP contribution in [-0.2, 0) is 19.1 Å². The van der Waals surface area contributed by atoms with Gasteiger partial charge < -0.3 is 9.47 Å². The second kappa shape index (κ2) is 3.92. The molecule has 0 bridgehead atoms. The zero-order valence-corrected chi connectivity index (χ0v) is 8.57. The average Bonchev–Trinajstić information content (AvgIpc) is 2.90. The summed E-state index contributed by atoms with van der Waals surface area (Å²) in [6.45, 7) is 3.39. The number of carbonyl (C=O) groups is 2. The first-order chi connectivity index (χ1) is 6.55. The fraction of sp³-hybridized carbons (Fsp3) is 0.600. The summed E-state index contributed by atoms with van der Waals surface area (Å²) in [5.41, 5.74) is -0.569. The summed E-state index contributed by atoms with van der Waals surface area (Å²) >= 11 is 0. The Hall–Kier alpha value is -1.16. The summed E-state index contributed by atoms with van der Waals surface area (Å²) in [7, 11) is 1.31. The molecule has 1 rings (SSSR count). The third-order valence-corrected chi connectivity index (χ3v) is 2.35. The van der Waals surface area contributed by atoms with Gasteiger partial charge in [0.15, 0.2) is 5.78 Å². The maximum Gasteiger partial charge on any atom is 0.330 e. The van der Waals surface area contributed by atoms with Crippen LogP contribution in [0, 0.1) is 0 Å². The topological polar surface area (TPSA) is 55.9 Å². The Labute approximate surface area is 82.9 Å². The maximum absolute atomic E-state index is 11.0. The number of carbonyl (C=O) groups excluding carboxylic acids is 2. The molecule has 1 aliphatic heterocycles. The monoisotopic (exact) mass is 198 g/mol. The van der Waals surface area contributed by atoms with Gasteiger partial charge in [-0.05, 0) is 19.4 Å². The van der Waals surface area contributed by atoms with Gasteiger partial charge in [0.25, 0.3) is 0 Å². The van der Waals surface area contributed by atoms with Crippen LogP contribution in [0.5, 0.6) is 0 Å². The predicted octanol–water partition coefficient (Wildman–Crippen LogP) is 0.852. The zero-order chi connectivity index (χ0) is 10.8. The van der Waals surface area contributed by atoms with Gasteiger partial charge in [-0.15, -0.1) is 0 Å². The number of hydrogen-bond acceptors (Lipinski definition) is 4. The molecule has 2 atom stereocenters. The van der Waals surface area contributed by atoms with E-state index < -0.39 is 17.7 Å². The molecule has 0 aliphatic carbocycles. The van der Waals surface area contributed by atoms with Crippen LogP contribution in [-0.4, -0.2) is 30.6 Å². The Balaban J connectivity index is 2.63. The van der Waals surface area contributed by atoms with Crippen LogP contribution in [0.4, 0.5) is 0 Å². The van der Waals surface area contributed by atoms with E-state index in [-0.39, 0.29) is 5.78 Å². The SMILES string of the molecule is CC[C@@]1(/C=C/C(=O)OC)O[C@H]1C(C)=O. The van der Waals surface area contributed by atoms with Crippen LogP contribution in [0.1, 0.15) is 20.3 Å². The van der Waals surface area contributed by atoms with E-state index in [9.17, 15) is 9.59 Å². The third kappa shape index (κ3) is 2.01. The highest BCUT2D eigenvalue weighted by molar-refractivity contribution is 5.86. The van der Waals surface area contributed by atoms with Crippen molar-refractivity contribution in [1.82, 2.24) is 0 Å². The second-order valence-electron chi connectivity index (χ2n) is 3.27. The first-order valence-corrected chi connectivity index (χ1v) is 4.51. The largest absolute Gasteiger partial charge is 0.466 e. The van der Waals surface area contributed by atoms with Gasteiger partial charge in [0.05, 0.1) is 7.11 Å². The van der Waals surface area contributed by atoms with Crippen molar-refractivity contribution in [1.29, 1.82) is 0 Å². The number of methoxy groups -OCH3 is 1. The molecule has 0 saturated carbocycles. The van der Waals surface area contributed by atoms with Gasteiger partial charge in [-0.3, -0.25) is 4.79 Å². The Morgan fingerprint density at radius 3 is 2.57 bits per heavy atom. The molecular formula is C10H14O4.